The van der Waals surface area contributed by atoms with Gasteiger partial charge < -0.3 is 9.30 Å². The Bertz CT molecular complexity index is 577. The normalized spacial score (nSPS) is 12.6. The van der Waals surface area contributed by atoms with Gasteiger partial charge in [0.05, 0.1) is 12.5 Å². The molecule has 22 heavy (non-hydrogen) atoms. The smallest absolute Gasteiger partial charge is 0.331 e. The first-order valence-corrected chi connectivity index (χ1v) is 7.83. The van der Waals surface area contributed by atoms with Crippen molar-refractivity contribution >= 4 is 12.0 Å². The molecule has 120 valence electrons. The summed E-state index contributed by atoms with van der Waals surface area (Å²) >= 11 is 0. The van der Waals surface area contributed by atoms with E-state index >= 15 is 0 Å². The molecule has 0 aliphatic rings. The van der Waals surface area contributed by atoms with Gasteiger partial charge in [-0.1, -0.05) is 20.8 Å². The van der Waals surface area contributed by atoms with Gasteiger partial charge in [-0.15, -0.1) is 0 Å². The van der Waals surface area contributed by atoms with E-state index in [0.29, 0.717) is 0 Å². The van der Waals surface area contributed by atoms with Crippen LogP contribution in [0.2, 0.25) is 0 Å². The second-order valence-electron chi connectivity index (χ2n) is 5.89. The highest BCUT2D eigenvalue weighted by molar-refractivity contribution is 5.87. The molecule has 1 aromatic heterocycles. The predicted molar refractivity (Wildman–Crippen MR) is 88.2 cm³/mol. The summed E-state index contributed by atoms with van der Waals surface area (Å²) < 4.78 is 7.59. The van der Waals surface area contributed by atoms with Gasteiger partial charge in [0.2, 0.25) is 0 Å². The van der Waals surface area contributed by atoms with Crippen LogP contribution < -0.4 is 0 Å². The first-order chi connectivity index (χ1) is 10.4. The minimum atomic E-state index is -0.394. The van der Waals surface area contributed by atoms with E-state index in [1.54, 1.807) is 6.08 Å². The molecule has 0 radical (unpaired) electrons. The summed E-state index contributed by atoms with van der Waals surface area (Å²) in [5.41, 5.74) is 3.38. The molecule has 0 aromatic carbocycles. The number of hydrogen-bond donors (Lipinski definition) is 0. The lowest BCUT2D eigenvalue weighted by Crippen LogP contribution is -2.22. The standard InChI is InChI=1S/C18H26N2O2/c1-6-11-20-14(4)12-16(15(20)5)7-8-18(21)22-17(9-10-19)13(2)3/h7-8,12-13,17H,6,9,11H2,1-5H3/b8-7-/t17-/m1/s1. The highest BCUT2D eigenvalue weighted by Crippen LogP contribution is 2.17. The molecule has 1 heterocycles. The Hall–Kier alpha value is -2.02. The maximum Gasteiger partial charge on any atom is 0.331 e. The van der Waals surface area contributed by atoms with Gasteiger partial charge in [-0.3, -0.25) is 0 Å². The fourth-order valence-electron chi connectivity index (χ4n) is 2.41. The molecule has 0 unspecified atom stereocenters. The lowest BCUT2D eigenvalue weighted by atomic mass is 10.1. The zero-order chi connectivity index (χ0) is 16.7. The number of nitriles is 1. The number of aryl methyl sites for hydroxylation is 1. The molecule has 1 rings (SSSR count). The number of rotatable bonds is 7. The van der Waals surface area contributed by atoms with Crippen molar-refractivity contribution in [2.45, 2.75) is 60.1 Å². The van der Waals surface area contributed by atoms with Gasteiger partial charge in [0.1, 0.15) is 6.10 Å². The van der Waals surface area contributed by atoms with E-state index in [1.807, 2.05) is 13.8 Å². The van der Waals surface area contributed by atoms with Crippen LogP contribution in [0.3, 0.4) is 0 Å². The molecule has 0 spiro atoms. The molecular weight excluding hydrogens is 276 g/mol. The van der Waals surface area contributed by atoms with Crippen molar-refractivity contribution in [1.82, 2.24) is 4.57 Å². The molecule has 0 amide bonds. The fourth-order valence-corrected chi connectivity index (χ4v) is 2.41. The van der Waals surface area contributed by atoms with Crippen molar-refractivity contribution in [3.63, 3.8) is 0 Å². The molecule has 4 nitrogen and oxygen atoms in total. The average molecular weight is 302 g/mol. The van der Waals surface area contributed by atoms with Crippen molar-refractivity contribution in [3.05, 3.63) is 29.1 Å². The zero-order valence-electron chi connectivity index (χ0n) is 14.2. The van der Waals surface area contributed by atoms with Crippen LogP contribution >= 0.6 is 0 Å². The maximum atomic E-state index is 11.9. The average Bonchev–Trinajstić information content (AvgIpc) is 2.72. The molecule has 0 N–H and O–H groups in total. The zero-order valence-corrected chi connectivity index (χ0v) is 14.2. The van der Waals surface area contributed by atoms with Crippen LogP contribution in [0.5, 0.6) is 0 Å². The summed E-state index contributed by atoms with van der Waals surface area (Å²) in [4.78, 5) is 11.9. The largest absolute Gasteiger partial charge is 0.458 e. The second kappa shape index (κ2) is 8.43. The second-order valence-corrected chi connectivity index (χ2v) is 5.89. The van der Waals surface area contributed by atoms with E-state index in [1.165, 1.54) is 11.8 Å². The van der Waals surface area contributed by atoms with Gasteiger partial charge in [0, 0.05) is 24.0 Å². The Balaban J connectivity index is 2.78. The van der Waals surface area contributed by atoms with Gasteiger partial charge >= 0.3 is 5.97 Å². The number of aromatic nitrogens is 1. The molecule has 0 aliphatic carbocycles. The fraction of sp³-hybridized carbons (Fsp3) is 0.556. The van der Waals surface area contributed by atoms with Gasteiger partial charge in [-0.05, 0) is 43.9 Å². The molecule has 0 fully saturated rings. The van der Waals surface area contributed by atoms with Crippen molar-refractivity contribution in [3.8, 4) is 6.07 Å². The minimum Gasteiger partial charge on any atom is -0.458 e. The van der Waals surface area contributed by atoms with E-state index in [0.717, 1.165) is 24.2 Å². The Morgan fingerprint density at radius 3 is 2.68 bits per heavy atom. The molecule has 0 saturated heterocycles. The third kappa shape index (κ3) is 4.77. The third-order valence-corrected chi connectivity index (χ3v) is 3.76. The van der Waals surface area contributed by atoms with Crippen LogP contribution in [0.4, 0.5) is 0 Å². The summed E-state index contributed by atoms with van der Waals surface area (Å²) in [7, 11) is 0. The first-order valence-electron chi connectivity index (χ1n) is 7.83. The summed E-state index contributed by atoms with van der Waals surface area (Å²) in [5, 5.41) is 8.76. The van der Waals surface area contributed by atoms with Crippen molar-refractivity contribution in [2.75, 3.05) is 0 Å². The molecule has 1 aromatic rings. The van der Waals surface area contributed by atoms with E-state index in [9.17, 15) is 4.79 Å². The van der Waals surface area contributed by atoms with Crippen LogP contribution in [-0.2, 0) is 16.1 Å². The van der Waals surface area contributed by atoms with Crippen LogP contribution in [-0.4, -0.2) is 16.6 Å². The van der Waals surface area contributed by atoms with E-state index in [-0.39, 0.29) is 18.4 Å². The van der Waals surface area contributed by atoms with Crippen molar-refractivity contribution in [2.24, 2.45) is 5.92 Å². The minimum absolute atomic E-state index is 0.131. The Morgan fingerprint density at radius 1 is 1.45 bits per heavy atom. The molecule has 0 bridgehead atoms. The van der Waals surface area contributed by atoms with Crippen molar-refractivity contribution in [1.29, 1.82) is 5.26 Å². The topological polar surface area (TPSA) is 55.0 Å². The molecule has 0 saturated carbocycles. The highest BCUT2D eigenvalue weighted by atomic mass is 16.5. The Kier molecular flexibility index (Phi) is 6.91. The first kappa shape index (κ1) is 18.0. The van der Waals surface area contributed by atoms with Crippen LogP contribution in [0, 0.1) is 31.1 Å². The van der Waals surface area contributed by atoms with Gasteiger partial charge in [-0.2, -0.15) is 5.26 Å². The van der Waals surface area contributed by atoms with Gasteiger partial charge in [0.15, 0.2) is 0 Å². The summed E-state index contributed by atoms with van der Waals surface area (Å²) in [6.45, 7) is 11.1. The summed E-state index contributed by atoms with van der Waals surface area (Å²) in [6, 6.07) is 4.13. The van der Waals surface area contributed by atoms with Gasteiger partial charge in [-0.25, -0.2) is 4.79 Å². The monoisotopic (exact) mass is 302 g/mol. The summed E-state index contributed by atoms with van der Waals surface area (Å²) in [6.07, 6.45) is 4.19. The van der Waals surface area contributed by atoms with Crippen LogP contribution in [0.15, 0.2) is 12.1 Å². The predicted octanol–water partition coefficient (Wildman–Crippen LogP) is 4.01. The number of carbonyl (C=O) groups excluding carboxylic acids is 1. The number of carbonyl (C=O) groups is 1. The number of hydrogen-bond acceptors (Lipinski definition) is 3. The molecular formula is C18H26N2O2. The third-order valence-electron chi connectivity index (χ3n) is 3.76. The maximum absolute atomic E-state index is 11.9. The molecule has 0 aliphatic heterocycles. The van der Waals surface area contributed by atoms with E-state index in [2.05, 4.69) is 37.5 Å². The Morgan fingerprint density at radius 2 is 2.14 bits per heavy atom. The van der Waals surface area contributed by atoms with Crippen LogP contribution in [0.1, 0.15) is 50.6 Å². The summed E-state index contributed by atoms with van der Waals surface area (Å²) in [5.74, 6) is -0.263. The van der Waals surface area contributed by atoms with Crippen LogP contribution in [0.25, 0.3) is 6.08 Å². The SMILES string of the molecule is CCCn1c(C)cc(/C=C\C(=O)O[C@H](CC#N)C(C)C)c1C. The van der Waals surface area contributed by atoms with E-state index in [4.69, 9.17) is 10.00 Å². The lowest BCUT2D eigenvalue weighted by molar-refractivity contribution is -0.144. The molecule has 1 atom stereocenters. The van der Waals surface area contributed by atoms with Crippen molar-refractivity contribution < 1.29 is 9.53 Å². The lowest BCUT2D eigenvalue weighted by Gasteiger charge is -2.17. The highest BCUT2D eigenvalue weighted by Gasteiger charge is 2.16. The Labute approximate surface area is 133 Å². The molecule has 4 heteroatoms. The van der Waals surface area contributed by atoms with E-state index < -0.39 is 5.97 Å². The number of ether oxygens (including phenoxy) is 1. The number of nitrogens with zero attached hydrogens (tertiary/aromatic N) is 2. The quantitative estimate of drug-likeness (QED) is 0.565. The number of esters is 1. The van der Waals surface area contributed by atoms with Gasteiger partial charge in [0.25, 0.3) is 0 Å².